The van der Waals surface area contributed by atoms with Gasteiger partial charge >= 0.3 is 5.97 Å². The fraction of sp³-hybridized carbons (Fsp3) is 0.389. The number of aliphatic carboxylic acids is 1. The molecule has 0 unspecified atom stereocenters. The van der Waals surface area contributed by atoms with Gasteiger partial charge in [0, 0.05) is 6.20 Å². The van der Waals surface area contributed by atoms with E-state index in [4.69, 9.17) is 9.84 Å². The Kier molecular flexibility index (Phi) is 5.80. The fourth-order valence-electron chi connectivity index (χ4n) is 2.64. The molecule has 2 N–H and O–H groups in total. The van der Waals surface area contributed by atoms with E-state index in [1.165, 1.54) is 0 Å². The summed E-state index contributed by atoms with van der Waals surface area (Å²) in [5, 5.41) is 16.2. The number of carboxylic acids is 1. The normalized spacial score (nSPS) is 11.2. The number of benzene rings is 1. The molecule has 1 aromatic heterocycles. The van der Waals surface area contributed by atoms with E-state index in [0.717, 1.165) is 11.4 Å². The molecule has 0 saturated carbocycles. The number of rotatable bonds is 8. The van der Waals surface area contributed by atoms with Crippen molar-refractivity contribution in [3.8, 4) is 11.4 Å². The Hall–Kier alpha value is -2.83. The topological polar surface area (TPSA) is 93.5 Å². The molecule has 7 nitrogen and oxygen atoms in total. The first kappa shape index (κ1) is 18.5. The van der Waals surface area contributed by atoms with E-state index in [0.29, 0.717) is 12.8 Å². The maximum absolute atomic E-state index is 12.5. The zero-order valence-electron chi connectivity index (χ0n) is 14.7. The van der Waals surface area contributed by atoms with Crippen LogP contribution in [0.4, 0.5) is 0 Å². The van der Waals surface area contributed by atoms with Crippen LogP contribution in [-0.2, 0) is 4.79 Å². The van der Waals surface area contributed by atoms with Crippen molar-refractivity contribution in [2.24, 2.45) is 0 Å². The number of carboxylic acid groups (broad SMARTS) is 1. The first-order valence-electron chi connectivity index (χ1n) is 8.17. The molecule has 0 aliphatic heterocycles. The molecule has 0 aliphatic rings. The summed E-state index contributed by atoms with van der Waals surface area (Å²) in [6.45, 7) is 3.73. The highest BCUT2D eigenvalue weighted by molar-refractivity contribution is 5.93. The maximum Gasteiger partial charge on any atom is 0.305 e. The molecule has 2 rings (SSSR count). The molecule has 7 heteroatoms. The van der Waals surface area contributed by atoms with Crippen LogP contribution in [0, 0.1) is 0 Å². The van der Waals surface area contributed by atoms with Crippen LogP contribution in [0.2, 0.25) is 0 Å². The van der Waals surface area contributed by atoms with Gasteiger partial charge in [-0.25, -0.2) is 4.68 Å². The lowest BCUT2D eigenvalue weighted by molar-refractivity contribution is -0.138. The first-order chi connectivity index (χ1) is 11.9. The number of amides is 1. The van der Waals surface area contributed by atoms with E-state index in [2.05, 4.69) is 10.4 Å². The standard InChI is InChI=1S/C18H23N3O4/c1-4-18(5-2,12-16(22)23)19-17(24)15-10-11-21(20-15)13-6-8-14(25-3)9-7-13/h6-11H,4-5,12H2,1-3H3,(H,19,24)(H,22,23). The van der Waals surface area contributed by atoms with Gasteiger partial charge in [-0.05, 0) is 43.2 Å². The highest BCUT2D eigenvalue weighted by Gasteiger charge is 2.31. The smallest absolute Gasteiger partial charge is 0.305 e. The molecule has 1 heterocycles. The summed E-state index contributed by atoms with van der Waals surface area (Å²) in [5.74, 6) is -0.580. The lowest BCUT2D eigenvalue weighted by atomic mass is 9.89. The van der Waals surface area contributed by atoms with Gasteiger partial charge in [0.25, 0.3) is 5.91 Å². The Labute approximate surface area is 146 Å². The van der Waals surface area contributed by atoms with Gasteiger partial charge in [-0.1, -0.05) is 13.8 Å². The summed E-state index contributed by atoms with van der Waals surface area (Å²) in [6.07, 6.45) is 2.62. The SMILES string of the molecule is CCC(CC)(CC(=O)O)NC(=O)c1ccn(-c2ccc(OC)cc2)n1. The molecule has 0 spiro atoms. The van der Waals surface area contributed by atoms with Crippen molar-refractivity contribution in [2.75, 3.05) is 7.11 Å². The van der Waals surface area contributed by atoms with E-state index >= 15 is 0 Å². The number of hydrogen-bond acceptors (Lipinski definition) is 4. The molecular weight excluding hydrogens is 322 g/mol. The molecule has 0 fully saturated rings. The number of carbonyl (C=O) groups is 2. The largest absolute Gasteiger partial charge is 0.497 e. The molecule has 1 aromatic carbocycles. The number of ether oxygens (including phenoxy) is 1. The first-order valence-corrected chi connectivity index (χ1v) is 8.17. The average Bonchev–Trinajstić information content (AvgIpc) is 3.11. The lowest BCUT2D eigenvalue weighted by Gasteiger charge is -2.31. The Morgan fingerprint density at radius 1 is 1.20 bits per heavy atom. The van der Waals surface area contributed by atoms with Crippen molar-refractivity contribution in [3.05, 3.63) is 42.2 Å². The molecule has 25 heavy (non-hydrogen) atoms. The van der Waals surface area contributed by atoms with Crippen molar-refractivity contribution >= 4 is 11.9 Å². The van der Waals surface area contributed by atoms with Crippen LogP contribution in [0.25, 0.3) is 5.69 Å². The van der Waals surface area contributed by atoms with Gasteiger partial charge in [-0.3, -0.25) is 9.59 Å². The Bertz CT molecular complexity index is 733. The third-order valence-electron chi connectivity index (χ3n) is 4.38. The number of nitrogens with zero attached hydrogens (tertiary/aromatic N) is 2. The molecule has 1 amide bonds. The van der Waals surface area contributed by atoms with E-state index in [-0.39, 0.29) is 18.0 Å². The second-order valence-corrected chi connectivity index (χ2v) is 5.86. The highest BCUT2D eigenvalue weighted by Crippen LogP contribution is 2.21. The lowest BCUT2D eigenvalue weighted by Crippen LogP contribution is -2.49. The minimum Gasteiger partial charge on any atom is -0.497 e. The minimum atomic E-state index is -0.937. The fourth-order valence-corrected chi connectivity index (χ4v) is 2.64. The van der Waals surface area contributed by atoms with Gasteiger partial charge in [0.1, 0.15) is 5.75 Å². The third-order valence-corrected chi connectivity index (χ3v) is 4.38. The molecule has 0 saturated heterocycles. The molecule has 0 atom stereocenters. The number of aromatic nitrogens is 2. The average molecular weight is 345 g/mol. The minimum absolute atomic E-state index is 0.120. The van der Waals surface area contributed by atoms with Crippen molar-refractivity contribution in [1.29, 1.82) is 0 Å². The summed E-state index contributed by atoms with van der Waals surface area (Å²) in [7, 11) is 1.59. The van der Waals surface area contributed by atoms with Gasteiger partial charge in [0.2, 0.25) is 0 Å². The quantitative estimate of drug-likeness (QED) is 0.767. The number of hydrogen-bond donors (Lipinski definition) is 2. The van der Waals surface area contributed by atoms with Crippen LogP contribution in [0.5, 0.6) is 5.75 Å². The predicted molar refractivity (Wildman–Crippen MR) is 93.1 cm³/mol. The van der Waals surface area contributed by atoms with Gasteiger partial charge < -0.3 is 15.2 Å². The summed E-state index contributed by atoms with van der Waals surface area (Å²) in [6, 6.07) is 8.89. The van der Waals surface area contributed by atoms with Crippen LogP contribution in [0.1, 0.15) is 43.6 Å². The second kappa shape index (κ2) is 7.83. The van der Waals surface area contributed by atoms with E-state index in [1.54, 1.807) is 24.1 Å². The van der Waals surface area contributed by atoms with Gasteiger partial charge in [0.05, 0.1) is 24.8 Å². The van der Waals surface area contributed by atoms with Crippen molar-refractivity contribution < 1.29 is 19.4 Å². The van der Waals surface area contributed by atoms with Crippen molar-refractivity contribution in [2.45, 2.75) is 38.6 Å². The van der Waals surface area contributed by atoms with Crippen LogP contribution in [0.3, 0.4) is 0 Å². The summed E-state index contributed by atoms with van der Waals surface area (Å²) in [4.78, 5) is 23.6. The Morgan fingerprint density at radius 3 is 2.36 bits per heavy atom. The summed E-state index contributed by atoms with van der Waals surface area (Å²) in [5.41, 5.74) is 0.266. The third kappa shape index (κ3) is 4.37. The Morgan fingerprint density at radius 2 is 1.84 bits per heavy atom. The van der Waals surface area contributed by atoms with Crippen molar-refractivity contribution in [3.63, 3.8) is 0 Å². The van der Waals surface area contributed by atoms with E-state index in [1.807, 2.05) is 38.1 Å². The van der Waals surface area contributed by atoms with Crippen molar-refractivity contribution in [1.82, 2.24) is 15.1 Å². The zero-order chi connectivity index (χ0) is 18.4. The van der Waals surface area contributed by atoms with E-state index in [9.17, 15) is 9.59 Å². The monoisotopic (exact) mass is 345 g/mol. The predicted octanol–water partition coefficient (Wildman–Crippen LogP) is 2.64. The summed E-state index contributed by atoms with van der Waals surface area (Å²) >= 11 is 0. The molecule has 134 valence electrons. The molecule has 0 bridgehead atoms. The number of methoxy groups -OCH3 is 1. The number of nitrogens with one attached hydrogen (secondary N) is 1. The van der Waals surface area contributed by atoms with Crippen LogP contribution in [0.15, 0.2) is 36.5 Å². The van der Waals surface area contributed by atoms with E-state index < -0.39 is 11.5 Å². The van der Waals surface area contributed by atoms with Gasteiger partial charge in [-0.2, -0.15) is 5.10 Å². The Balaban J connectivity index is 2.17. The highest BCUT2D eigenvalue weighted by atomic mass is 16.5. The molecular formula is C18H23N3O4. The summed E-state index contributed by atoms with van der Waals surface area (Å²) < 4.78 is 6.71. The molecule has 2 aromatic rings. The molecule has 0 aliphatic carbocycles. The van der Waals surface area contributed by atoms with Gasteiger partial charge in [0.15, 0.2) is 5.69 Å². The van der Waals surface area contributed by atoms with Crippen LogP contribution >= 0.6 is 0 Å². The van der Waals surface area contributed by atoms with Gasteiger partial charge in [-0.15, -0.1) is 0 Å². The number of carbonyl (C=O) groups excluding carboxylic acids is 1. The zero-order valence-corrected chi connectivity index (χ0v) is 14.7. The molecule has 0 radical (unpaired) electrons. The maximum atomic E-state index is 12.5. The van der Waals surface area contributed by atoms with Crippen LogP contribution in [-0.4, -0.2) is 39.4 Å². The second-order valence-electron chi connectivity index (χ2n) is 5.86. The van der Waals surface area contributed by atoms with Crippen LogP contribution < -0.4 is 10.1 Å².